The summed E-state index contributed by atoms with van der Waals surface area (Å²) in [7, 11) is -5.93. The monoisotopic (exact) mass is 1200 g/mol. The molecule has 2 aliphatic rings. The minimum atomic E-state index is -2.66. The summed E-state index contributed by atoms with van der Waals surface area (Å²) >= 11 is 7.41. The van der Waals surface area contributed by atoms with Gasteiger partial charge < -0.3 is 61.3 Å². The Kier molecular flexibility index (Phi) is 23.5. The number of aliphatic hydroxyl groups is 1. The lowest BCUT2D eigenvalue weighted by atomic mass is 9.88. The second-order valence-corrected chi connectivity index (χ2v) is 45.1. The number of fused-ring (bicyclic) bond motifs is 1. The highest BCUT2D eigenvalue weighted by Gasteiger charge is 2.56. The van der Waals surface area contributed by atoms with Crippen LogP contribution in [0.1, 0.15) is 113 Å². The van der Waals surface area contributed by atoms with E-state index in [9.17, 15) is 14.7 Å². The molecule has 2 aromatic rings. The molecule has 0 bridgehead atoms. The minimum Gasteiger partial charge on any atom is -0.497 e. The predicted octanol–water partition coefficient (Wildman–Crippen LogP) is 13.3. The van der Waals surface area contributed by atoms with E-state index in [1.807, 2.05) is 30.3 Å². The van der Waals surface area contributed by atoms with E-state index >= 15 is 0 Å². The van der Waals surface area contributed by atoms with E-state index in [1.54, 1.807) is 40.0 Å². The number of hydrogen-bond donors (Lipinski definition) is 2. The third-order valence-corrected chi connectivity index (χ3v) is 30.6. The van der Waals surface area contributed by atoms with E-state index in [0.29, 0.717) is 16.9 Å². The molecule has 0 unspecified atom stereocenters. The molecule has 0 radical (unpaired) electrons. The second kappa shape index (κ2) is 27.4. The standard InChI is InChI=1S/C60H96ClNO14Si4/c1-23-80(24-2,25-3)75-50-30-31-51(72-54-47(61)34-43(35-49(54)70-41-66-13)48(37-53(63)68-15)62-55(64)73-56(4,5)6)60(76-77(16,17)18)38-46(74-79(21,22)58(10,11)12)36-44(60)32-33-59(50,65)52(40-71-78(19,20)57(7,8)9)69-39-42-26-28-45(67-14)29-27-42/h26-29,34-36,46,48,50-52,65H,23-25,37-41H2,1-22H3,(H,62,64)/t46-,48+,50-,51-,52+,59+,60-/m1/s1. The van der Waals surface area contributed by atoms with Crippen LogP contribution in [-0.2, 0) is 48.1 Å². The van der Waals surface area contributed by atoms with Crippen LogP contribution in [-0.4, -0.2) is 126 Å². The van der Waals surface area contributed by atoms with Gasteiger partial charge in [0.1, 0.15) is 23.1 Å². The lowest BCUT2D eigenvalue weighted by Gasteiger charge is -2.43. The zero-order valence-corrected chi connectivity index (χ0v) is 57.0. The number of carbonyl (C=O) groups is 2. The highest BCUT2D eigenvalue weighted by molar-refractivity contribution is 6.75. The number of rotatable bonds is 26. The molecule has 0 saturated carbocycles. The average molecular weight is 1200 g/mol. The van der Waals surface area contributed by atoms with Crippen molar-refractivity contribution in [3.05, 3.63) is 64.2 Å². The number of halogens is 1. The van der Waals surface area contributed by atoms with Gasteiger partial charge in [0, 0.05) is 19.1 Å². The highest BCUT2D eigenvalue weighted by atomic mass is 35.5. The first-order chi connectivity index (χ1) is 36.9. The molecule has 80 heavy (non-hydrogen) atoms. The summed E-state index contributed by atoms with van der Waals surface area (Å²) in [6.07, 6.45) is -2.90. The summed E-state index contributed by atoms with van der Waals surface area (Å²) in [5.41, 5.74) is -2.68. The SMILES string of the molecule is CC[Si](CC)(CC)O[C@@H]1C#C[C@@H](Oc2c(Cl)cc([C@H](CC(=O)OC)NC(=O)OC(C)(C)C)cc2OCOC)[C@@]2(O[Si](C)(C)C)C[C@H](O[Si](C)(C)C(C)(C)C)C=C2C#C[C@@]1(O)[C@H](CO[Si](C)(C)C(C)(C)C)OCc1ccc(OC)cc1. The van der Waals surface area contributed by atoms with Crippen LogP contribution in [0.25, 0.3) is 0 Å². The molecule has 0 saturated heterocycles. The molecular weight excluding hydrogens is 1110 g/mol. The van der Waals surface area contributed by atoms with Gasteiger partial charge in [-0.2, -0.15) is 0 Å². The molecule has 15 nitrogen and oxygen atoms in total. The molecule has 448 valence electrons. The van der Waals surface area contributed by atoms with Crippen LogP contribution in [0.5, 0.6) is 17.2 Å². The van der Waals surface area contributed by atoms with Crippen molar-refractivity contribution in [3.63, 3.8) is 0 Å². The largest absolute Gasteiger partial charge is 0.497 e. The lowest BCUT2D eigenvalue weighted by molar-refractivity contribution is -0.141. The van der Waals surface area contributed by atoms with Gasteiger partial charge in [-0.15, -0.1) is 0 Å². The molecule has 1 amide bonds. The first-order valence-electron chi connectivity index (χ1n) is 28.0. The summed E-state index contributed by atoms with van der Waals surface area (Å²) < 4.78 is 71.3. The van der Waals surface area contributed by atoms with Crippen LogP contribution >= 0.6 is 11.6 Å². The van der Waals surface area contributed by atoms with Crippen LogP contribution in [0.15, 0.2) is 48.0 Å². The molecule has 2 N–H and O–H groups in total. The Balaban J connectivity index is 2.18. The Labute approximate surface area is 489 Å². The third-order valence-electron chi connectivity index (χ3n) is 15.7. The number of carbonyl (C=O) groups excluding carboxylic acids is 2. The third kappa shape index (κ3) is 17.9. The molecule has 0 aromatic heterocycles. The van der Waals surface area contributed by atoms with Crippen LogP contribution in [0.2, 0.25) is 79.1 Å². The van der Waals surface area contributed by atoms with Gasteiger partial charge in [-0.1, -0.05) is 110 Å². The fourth-order valence-electron chi connectivity index (χ4n) is 8.80. The molecule has 0 aliphatic heterocycles. The number of ether oxygens (including phenoxy) is 7. The van der Waals surface area contributed by atoms with Crippen molar-refractivity contribution in [1.29, 1.82) is 0 Å². The molecular formula is C60H96ClNO14Si4. The Morgan fingerprint density at radius 1 is 0.838 bits per heavy atom. The quantitative estimate of drug-likeness (QED) is 0.0395. The summed E-state index contributed by atoms with van der Waals surface area (Å²) in [6, 6.07) is 12.0. The predicted molar refractivity (Wildman–Crippen MR) is 326 cm³/mol. The van der Waals surface area contributed by atoms with E-state index in [4.69, 9.17) is 62.5 Å². The van der Waals surface area contributed by atoms with Gasteiger partial charge in [0.15, 0.2) is 69.4 Å². The van der Waals surface area contributed by atoms with Gasteiger partial charge in [-0.25, -0.2) is 4.79 Å². The number of amides is 1. The number of hydrogen-bond acceptors (Lipinski definition) is 14. The van der Waals surface area contributed by atoms with Gasteiger partial charge in [-0.05, 0) is 136 Å². The molecule has 20 heteroatoms. The van der Waals surface area contributed by atoms with E-state index in [0.717, 1.165) is 23.7 Å². The normalized spacial score (nSPS) is 21.6. The van der Waals surface area contributed by atoms with E-state index in [-0.39, 0.29) is 59.4 Å². The number of nitrogens with one attached hydrogen (secondary N) is 1. The Hall–Kier alpha value is -3.68. The van der Waals surface area contributed by atoms with Crippen LogP contribution in [0.4, 0.5) is 4.79 Å². The first kappa shape index (κ1) is 68.8. The fourth-order valence-corrected chi connectivity index (χ4v) is 15.5. The summed E-state index contributed by atoms with van der Waals surface area (Å²) in [6.45, 7) is 39.5. The summed E-state index contributed by atoms with van der Waals surface area (Å²) in [5.74, 6) is 14.3. The van der Waals surface area contributed by atoms with Crippen molar-refractivity contribution >= 4 is 56.9 Å². The van der Waals surface area contributed by atoms with E-state index in [1.165, 1.54) is 14.2 Å². The molecule has 0 heterocycles. The zero-order valence-electron chi connectivity index (χ0n) is 52.2. The smallest absolute Gasteiger partial charge is 0.408 e. The molecule has 7 atom stereocenters. The van der Waals surface area contributed by atoms with Gasteiger partial charge in [0.25, 0.3) is 0 Å². The molecule has 0 fully saturated rings. The number of methoxy groups -OCH3 is 3. The molecule has 0 spiro atoms. The maximum absolute atomic E-state index is 14.0. The highest BCUT2D eigenvalue weighted by Crippen LogP contribution is 2.49. The van der Waals surface area contributed by atoms with E-state index < -0.39 is 92.6 Å². The van der Waals surface area contributed by atoms with Crippen molar-refractivity contribution < 1.29 is 65.6 Å². The van der Waals surface area contributed by atoms with Crippen LogP contribution < -0.4 is 19.5 Å². The second-order valence-electron chi connectivity index (χ2n) is 26.0. The van der Waals surface area contributed by atoms with Gasteiger partial charge in [0.2, 0.25) is 0 Å². The first-order valence-corrected chi connectivity index (χ1v) is 40.1. The van der Waals surface area contributed by atoms with Crippen molar-refractivity contribution in [2.75, 3.05) is 34.7 Å². The molecule has 2 aliphatic carbocycles. The number of alkyl carbamates (subject to hydrolysis) is 1. The lowest BCUT2D eigenvalue weighted by Crippen LogP contribution is -2.59. The van der Waals surface area contributed by atoms with Gasteiger partial charge in [0.05, 0.1) is 51.0 Å². The van der Waals surface area contributed by atoms with Crippen LogP contribution in [0, 0.1) is 23.7 Å². The van der Waals surface area contributed by atoms with Gasteiger partial charge >= 0.3 is 12.1 Å². The Morgan fingerprint density at radius 2 is 1.44 bits per heavy atom. The van der Waals surface area contributed by atoms with Crippen molar-refractivity contribution in [2.45, 2.75) is 224 Å². The Morgan fingerprint density at radius 3 is 1.96 bits per heavy atom. The summed E-state index contributed by atoms with van der Waals surface area (Å²) in [5, 5.41) is 16.6. The Bertz CT molecular complexity index is 2570. The van der Waals surface area contributed by atoms with Crippen molar-refractivity contribution in [2.24, 2.45) is 0 Å². The topological polar surface area (TPSA) is 168 Å². The maximum Gasteiger partial charge on any atom is 0.408 e. The molecule has 2 aromatic carbocycles. The summed E-state index contributed by atoms with van der Waals surface area (Å²) in [4.78, 5) is 26.2. The maximum atomic E-state index is 14.0. The van der Waals surface area contributed by atoms with Crippen molar-refractivity contribution in [1.82, 2.24) is 5.32 Å². The molecule has 4 rings (SSSR count). The minimum absolute atomic E-state index is 0.0210. The van der Waals surface area contributed by atoms with E-state index in [2.05, 4.69) is 137 Å². The van der Waals surface area contributed by atoms with Crippen molar-refractivity contribution in [3.8, 4) is 40.9 Å². The number of benzene rings is 2. The van der Waals surface area contributed by atoms with Crippen LogP contribution in [0.3, 0.4) is 0 Å². The zero-order chi connectivity index (χ0) is 60.5. The fraction of sp³-hybridized carbons (Fsp3) is 0.667. The van der Waals surface area contributed by atoms with Gasteiger partial charge in [-0.3, -0.25) is 4.79 Å². The number of esters is 1. The average Bonchev–Trinajstić information content (AvgIpc) is 3.69.